The first-order valence-corrected chi connectivity index (χ1v) is 19.6. The van der Waals surface area contributed by atoms with Gasteiger partial charge in [-0.05, 0) is 70.8 Å². The van der Waals surface area contributed by atoms with Gasteiger partial charge in [-0.15, -0.1) is 11.3 Å². The predicted molar refractivity (Wildman–Crippen MR) is 234 cm³/mol. The van der Waals surface area contributed by atoms with Gasteiger partial charge < -0.3 is 4.57 Å². The van der Waals surface area contributed by atoms with E-state index < -0.39 is 0 Å². The molecule has 0 saturated carbocycles. The molecule has 3 aromatic heterocycles. The highest BCUT2D eigenvalue weighted by Gasteiger charge is 2.20. The zero-order valence-corrected chi connectivity index (χ0v) is 31.0. The molecule has 0 atom stereocenters. The molecule has 0 saturated heterocycles. The van der Waals surface area contributed by atoms with Crippen LogP contribution in [0.4, 0.5) is 0 Å². The summed E-state index contributed by atoms with van der Waals surface area (Å²) >= 11 is 1.80. The fourth-order valence-electron chi connectivity index (χ4n) is 8.03. The lowest BCUT2D eigenvalue weighted by Crippen LogP contribution is -2.01. The fourth-order valence-corrected chi connectivity index (χ4v) is 9.17. The van der Waals surface area contributed by atoms with Crippen molar-refractivity contribution in [1.82, 2.24) is 19.5 Å². The molecule has 11 aromatic rings. The molecule has 11 rings (SSSR count). The Morgan fingerprint density at radius 1 is 0.339 bits per heavy atom. The van der Waals surface area contributed by atoms with E-state index in [4.69, 9.17) is 15.0 Å². The number of para-hydroxylation sites is 2. The minimum atomic E-state index is 0.631. The predicted octanol–water partition coefficient (Wildman–Crippen LogP) is 13.7. The molecule has 0 aliphatic carbocycles. The van der Waals surface area contributed by atoms with Gasteiger partial charge in [-0.3, -0.25) is 0 Å². The lowest BCUT2D eigenvalue weighted by molar-refractivity contribution is 1.08. The van der Waals surface area contributed by atoms with Crippen LogP contribution in [0.25, 0.3) is 104 Å². The average Bonchev–Trinajstić information content (AvgIpc) is 3.82. The number of hydrogen-bond acceptors (Lipinski definition) is 4. The first-order valence-electron chi connectivity index (χ1n) is 18.8. The van der Waals surface area contributed by atoms with Crippen LogP contribution in [-0.2, 0) is 0 Å². The Bertz CT molecular complexity index is 3250. The minimum Gasteiger partial charge on any atom is -0.309 e. The molecular formula is C51H32N4S. The van der Waals surface area contributed by atoms with Crippen LogP contribution in [0.5, 0.6) is 0 Å². The van der Waals surface area contributed by atoms with Gasteiger partial charge in [0.2, 0.25) is 0 Å². The standard InChI is InChI=1S/C51H32N4S/c1-3-14-33(15-4-1)34-16-11-17-35(30-34)36-18-12-19-37(31-36)49-52-50(38-28-29-41-40-22-8-10-27-46(40)56-47(41)32-38)54-51(53-49)43-24-13-26-45-48(43)42-23-7-9-25-44(42)55(45)39-20-5-2-6-21-39/h1-32H. The lowest BCUT2D eigenvalue weighted by Gasteiger charge is -2.11. The van der Waals surface area contributed by atoms with Crippen LogP contribution in [0.2, 0.25) is 0 Å². The zero-order chi connectivity index (χ0) is 37.0. The highest BCUT2D eigenvalue weighted by Crippen LogP contribution is 2.40. The summed E-state index contributed by atoms with van der Waals surface area (Å²) < 4.78 is 4.81. The number of fused-ring (bicyclic) bond motifs is 6. The second-order valence-corrected chi connectivity index (χ2v) is 15.1. The van der Waals surface area contributed by atoms with E-state index >= 15 is 0 Å². The maximum atomic E-state index is 5.31. The summed E-state index contributed by atoms with van der Waals surface area (Å²) in [5, 5.41) is 4.78. The molecule has 0 unspecified atom stereocenters. The van der Waals surface area contributed by atoms with Gasteiger partial charge in [0, 0.05) is 53.3 Å². The summed E-state index contributed by atoms with van der Waals surface area (Å²) in [5.41, 5.74) is 10.8. The van der Waals surface area contributed by atoms with E-state index in [1.165, 1.54) is 31.3 Å². The quantitative estimate of drug-likeness (QED) is 0.171. The third kappa shape index (κ3) is 5.48. The summed E-state index contributed by atoms with van der Waals surface area (Å²) in [7, 11) is 0. The van der Waals surface area contributed by atoms with E-state index in [0.717, 1.165) is 55.3 Å². The number of nitrogens with zero attached hydrogens (tertiary/aromatic N) is 4. The van der Waals surface area contributed by atoms with Crippen LogP contribution in [0.3, 0.4) is 0 Å². The van der Waals surface area contributed by atoms with E-state index in [9.17, 15) is 0 Å². The Morgan fingerprint density at radius 2 is 0.875 bits per heavy atom. The third-order valence-corrected chi connectivity index (χ3v) is 11.8. The topological polar surface area (TPSA) is 43.6 Å². The Balaban J connectivity index is 1.12. The second-order valence-electron chi connectivity index (χ2n) is 14.0. The number of rotatable bonds is 6. The van der Waals surface area contributed by atoms with Crippen LogP contribution in [0, 0.1) is 0 Å². The Kier molecular flexibility index (Phi) is 7.64. The Morgan fingerprint density at radius 3 is 1.66 bits per heavy atom. The van der Waals surface area contributed by atoms with E-state index in [0.29, 0.717) is 17.5 Å². The van der Waals surface area contributed by atoms with Crippen LogP contribution in [-0.4, -0.2) is 19.5 Å². The van der Waals surface area contributed by atoms with Crippen LogP contribution in [0.1, 0.15) is 0 Å². The molecule has 0 radical (unpaired) electrons. The second kappa shape index (κ2) is 13.3. The van der Waals surface area contributed by atoms with Crippen molar-refractivity contribution in [1.29, 1.82) is 0 Å². The smallest absolute Gasteiger partial charge is 0.164 e. The normalized spacial score (nSPS) is 11.6. The SMILES string of the molecule is c1ccc(-c2cccc(-c3cccc(-c4nc(-c5ccc6c(c5)sc5ccccc56)nc(-c5cccc6c5c5ccccc5n6-c5ccccc5)n4)c3)c2)cc1. The van der Waals surface area contributed by atoms with Crippen molar-refractivity contribution in [2.24, 2.45) is 0 Å². The summed E-state index contributed by atoms with van der Waals surface area (Å²) in [6.45, 7) is 0. The molecule has 0 aliphatic heterocycles. The van der Waals surface area contributed by atoms with E-state index in [1.807, 2.05) is 0 Å². The van der Waals surface area contributed by atoms with Crippen molar-refractivity contribution in [2.45, 2.75) is 0 Å². The molecule has 0 amide bonds. The fraction of sp³-hybridized carbons (Fsp3) is 0. The van der Waals surface area contributed by atoms with Crippen molar-refractivity contribution < 1.29 is 0 Å². The van der Waals surface area contributed by atoms with Gasteiger partial charge in [0.25, 0.3) is 0 Å². The first-order chi connectivity index (χ1) is 27.7. The summed E-state index contributed by atoms with van der Waals surface area (Å²) in [6, 6.07) is 68.6. The zero-order valence-electron chi connectivity index (χ0n) is 30.2. The Hall–Kier alpha value is -7.21. The molecule has 0 N–H and O–H groups in total. The maximum Gasteiger partial charge on any atom is 0.164 e. The Labute approximate surface area is 327 Å². The molecule has 5 heteroatoms. The summed E-state index contributed by atoms with van der Waals surface area (Å²) in [4.78, 5) is 15.8. The molecule has 56 heavy (non-hydrogen) atoms. The molecule has 4 nitrogen and oxygen atoms in total. The van der Waals surface area contributed by atoms with Gasteiger partial charge in [0.1, 0.15) is 0 Å². The molecular weight excluding hydrogens is 701 g/mol. The first kappa shape index (κ1) is 32.2. The third-order valence-electron chi connectivity index (χ3n) is 10.6. The molecule has 8 aromatic carbocycles. The molecule has 0 fully saturated rings. The number of hydrogen-bond donors (Lipinski definition) is 0. The summed E-state index contributed by atoms with van der Waals surface area (Å²) in [5.74, 6) is 1.91. The van der Waals surface area contributed by atoms with Gasteiger partial charge in [-0.1, -0.05) is 146 Å². The highest BCUT2D eigenvalue weighted by atomic mass is 32.1. The van der Waals surface area contributed by atoms with E-state index in [2.05, 4.69) is 199 Å². The van der Waals surface area contributed by atoms with E-state index in [-0.39, 0.29) is 0 Å². The molecule has 0 spiro atoms. The van der Waals surface area contributed by atoms with Crippen molar-refractivity contribution >= 4 is 53.3 Å². The lowest BCUT2D eigenvalue weighted by atomic mass is 9.98. The van der Waals surface area contributed by atoms with Crippen molar-refractivity contribution in [3.63, 3.8) is 0 Å². The highest BCUT2D eigenvalue weighted by molar-refractivity contribution is 7.25. The molecule has 262 valence electrons. The molecule has 0 bridgehead atoms. The number of thiophene rings is 1. The van der Waals surface area contributed by atoms with Crippen molar-refractivity contribution in [3.05, 3.63) is 194 Å². The van der Waals surface area contributed by atoms with Gasteiger partial charge >= 0.3 is 0 Å². The van der Waals surface area contributed by atoms with Gasteiger partial charge in [0.05, 0.1) is 11.0 Å². The number of benzene rings is 8. The van der Waals surface area contributed by atoms with Crippen molar-refractivity contribution in [2.75, 3.05) is 0 Å². The monoisotopic (exact) mass is 732 g/mol. The van der Waals surface area contributed by atoms with Crippen LogP contribution in [0.15, 0.2) is 194 Å². The summed E-state index contributed by atoms with van der Waals surface area (Å²) in [6.07, 6.45) is 0. The molecule has 0 aliphatic rings. The maximum absolute atomic E-state index is 5.31. The van der Waals surface area contributed by atoms with E-state index in [1.54, 1.807) is 11.3 Å². The van der Waals surface area contributed by atoms with Gasteiger partial charge in [-0.2, -0.15) is 0 Å². The molecule has 3 heterocycles. The average molecular weight is 733 g/mol. The van der Waals surface area contributed by atoms with Crippen LogP contribution < -0.4 is 0 Å². The minimum absolute atomic E-state index is 0.631. The largest absolute Gasteiger partial charge is 0.309 e. The van der Waals surface area contributed by atoms with Gasteiger partial charge in [0.15, 0.2) is 17.5 Å². The number of aromatic nitrogens is 4. The van der Waals surface area contributed by atoms with Crippen molar-refractivity contribution in [3.8, 4) is 62.1 Å². The van der Waals surface area contributed by atoms with Gasteiger partial charge in [-0.25, -0.2) is 15.0 Å². The van der Waals surface area contributed by atoms with Crippen LogP contribution >= 0.6 is 11.3 Å².